The molecule has 0 saturated carbocycles. The minimum Gasteiger partial charge on any atom is -0.212 e. The average molecular weight is 220 g/mol. The van der Waals surface area contributed by atoms with Crippen molar-refractivity contribution in [2.75, 3.05) is 0 Å². The number of nitroso groups, excluding NO2 is 1. The summed E-state index contributed by atoms with van der Waals surface area (Å²) in [5, 5.41) is 2.67. The first-order valence-electron chi connectivity index (χ1n) is 3.36. The van der Waals surface area contributed by atoms with Crippen LogP contribution in [0.25, 0.3) is 0 Å². The monoisotopic (exact) mass is 219 g/mol. The Bertz CT molecular complexity index is 416. The minimum absolute atomic E-state index is 0.192. The van der Waals surface area contributed by atoms with Gasteiger partial charge in [0.1, 0.15) is 5.69 Å². The predicted molar refractivity (Wildman–Crippen MR) is 50.4 cm³/mol. The van der Waals surface area contributed by atoms with E-state index in [2.05, 4.69) is 5.18 Å². The molecule has 1 aromatic carbocycles. The average Bonchev–Trinajstić information content (AvgIpc) is 2.01. The quantitative estimate of drug-likeness (QED) is 0.578. The zero-order valence-corrected chi connectivity index (χ0v) is 8.05. The van der Waals surface area contributed by atoms with E-state index in [1.807, 2.05) is 0 Å². The maximum Gasteiger partial charge on any atom is 0.236 e. The van der Waals surface area contributed by atoms with Gasteiger partial charge in [0, 0.05) is 10.7 Å². The van der Waals surface area contributed by atoms with Gasteiger partial charge in [-0.1, -0.05) is 12.1 Å². The van der Waals surface area contributed by atoms with Gasteiger partial charge in [0.05, 0.1) is 5.75 Å². The normalized spacial score (nSPS) is 11.2. The summed E-state index contributed by atoms with van der Waals surface area (Å²) in [5.41, 5.74) is 0.643. The summed E-state index contributed by atoms with van der Waals surface area (Å²) in [4.78, 5) is 10.1. The van der Waals surface area contributed by atoms with Crippen molar-refractivity contribution in [1.82, 2.24) is 0 Å². The highest BCUT2D eigenvalue weighted by Gasteiger charge is 2.07. The number of rotatable bonds is 3. The summed E-state index contributed by atoms with van der Waals surface area (Å²) >= 11 is 0. The summed E-state index contributed by atoms with van der Waals surface area (Å²) in [5.74, 6) is -0.294. The van der Waals surface area contributed by atoms with E-state index < -0.39 is 9.05 Å². The van der Waals surface area contributed by atoms with Gasteiger partial charge in [-0.2, -0.15) is 0 Å². The summed E-state index contributed by atoms with van der Waals surface area (Å²) in [6, 6.07) is 5.98. The van der Waals surface area contributed by atoms with Crippen LogP contribution in [-0.2, 0) is 14.8 Å². The first-order valence-corrected chi connectivity index (χ1v) is 5.84. The maximum atomic E-state index is 10.7. The second-order valence-corrected chi connectivity index (χ2v) is 5.22. The fourth-order valence-electron chi connectivity index (χ4n) is 0.902. The van der Waals surface area contributed by atoms with Crippen molar-refractivity contribution in [1.29, 1.82) is 0 Å². The highest BCUT2D eigenvalue weighted by atomic mass is 35.7. The standard InChI is InChI=1S/C7H6ClNO3S/c8-13(11,12)5-6-2-1-3-7(4-6)9-10/h1-4H,5H2. The lowest BCUT2D eigenvalue weighted by molar-refractivity contribution is 0.609. The van der Waals surface area contributed by atoms with E-state index >= 15 is 0 Å². The maximum absolute atomic E-state index is 10.7. The van der Waals surface area contributed by atoms with E-state index in [0.29, 0.717) is 5.56 Å². The molecule has 4 nitrogen and oxygen atoms in total. The molecule has 0 N–H and O–H groups in total. The molecule has 0 heterocycles. The Morgan fingerprint density at radius 1 is 1.38 bits per heavy atom. The number of hydrogen-bond acceptors (Lipinski definition) is 4. The van der Waals surface area contributed by atoms with Crippen molar-refractivity contribution in [3.05, 3.63) is 34.7 Å². The van der Waals surface area contributed by atoms with E-state index in [-0.39, 0.29) is 11.4 Å². The molecule has 0 aliphatic heterocycles. The van der Waals surface area contributed by atoms with E-state index in [4.69, 9.17) is 10.7 Å². The second-order valence-electron chi connectivity index (χ2n) is 2.44. The highest BCUT2D eigenvalue weighted by molar-refractivity contribution is 8.13. The van der Waals surface area contributed by atoms with E-state index in [1.54, 1.807) is 12.1 Å². The molecule has 0 bridgehead atoms. The van der Waals surface area contributed by atoms with Crippen LogP contribution >= 0.6 is 10.7 Å². The highest BCUT2D eigenvalue weighted by Crippen LogP contribution is 2.16. The van der Waals surface area contributed by atoms with Crippen LogP contribution in [0.5, 0.6) is 0 Å². The van der Waals surface area contributed by atoms with Crippen LogP contribution in [-0.4, -0.2) is 8.42 Å². The van der Waals surface area contributed by atoms with Crippen LogP contribution in [0.1, 0.15) is 5.56 Å². The molecule has 0 amide bonds. The first-order chi connectivity index (χ1) is 6.01. The van der Waals surface area contributed by atoms with Crippen LogP contribution in [0.15, 0.2) is 29.4 Å². The molecular weight excluding hydrogens is 214 g/mol. The Morgan fingerprint density at radius 2 is 2.08 bits per heavy atom. The Morgan fingerprint density at radius 3 is 2.62 bits per heavy atom. The van der Waals surface area contributed by atoms with E-state index in [9.17, 15) is 13.3 Å². The van der Waals surface area contributed by atoms with Crippen molar-refractivity contribution in [2.45, 2.75) is 5.75 Å². The predicted octanol–water partition coefficient (Wildman–Crippen LogP) is 2.15. The van der Waals surface area contributed by atoms with Gasteiger partial charge in [-0.3, -0.25) is 0 Å². The van der Waals surface area contributed by atoms with Crippen molar-refractivity contribution in [3.63, 3.8) is 0 Å². The van der Waals surface area contributed by atoms with Crippen molar-refractivity contribution in [3.8, 4) is 0 Å². The molecule has 0 fully saturated rings. The molecule has 0 aromatic heterocycles. The molecule has 70 valence electrons. The van der Waals surface area contributed by atoms with Gasteiger partial charge in [0.15, 0.2) is 0 Å². The molecule has 0 radical (unpaired) electrons. The Kier molecular flexibility index (Phi) is 3.00. The topological polar surface area (TPSA) is 63.6 Å². The third-order valence-corrected chi connectivity index (χ3v) is 2.36. The van der Waals surface area contributed by atoms with E-state index in [1.165, 1.54) is 12.1 Å². The van der Waals surface area contributed by atoms with Crippen LogP contribution < -0.4 is 0 Å². The Balaban J connectivity index is 2.96. The van der Waals surface area contributed by atoms with Crippen molar-refractivity contribution in [2.24, 2.45) is 5.18 Å². The van der Waals surface area contributed by atoms with Gasteiger partial charge in [0.25, 0.3) is 0 Å². The second kappa shape index (κ2) is 3.85. The van der Waals surface area contributed by atoms with Crippen LogP contribution in [0.2, 0.25) is 0 Å². The summed E-state index contributed by atoms with van der Waals surface area (Å²) in [6.45, 7) is 0. The molecule has 0 atom stereocenters. The third-order valence-electron chi connectivity index (χ3n) is 1.36. The smallest absolute Gasteiger partial charge is 0.212 e. The Labute approximate surface area is 79.9 Å². The molecule has 6 heteroatoms. The lowest BCUT2D eigenvalue weighted by Gasteiger charge is -1.96. The number of halogens is 1. The molecule has 13 heavy (non-hydrogen) atoms. The van der Waals surface area contributed by atoms with Gasteiger partial charge in [0.2, 0.25) is 9.05 Å². The van der Waals surface area contributed by atoms with Crippen LogP contribution in [0.3, 0.4) is 0 Å². The minimum atomic E-state index is -3.57. The molecule has 0 aliphatic rings. The van der Waals surface area contributed by atoms with Gasteiger partial charge < -0.3 is 0 Å². The fraction of sp³-hybridized carbons (Fsp3) is 0.143. The summed E-state index contributed by atoms with van der Waals surface area (Å²) in [7, 11) is 1.45. The number of hydrogen-bond donors (Lipinski definition) is 0. The van der Waals surface area contributed by atoms with Crippen LogP contribution in [0.4, 0.5) is 5.69 Å². The lowest BCUT2D eigenvalue weighted by atomic mass is 10.2. The largest absolute Gasteiger partial charge is 0.236 e. The lowest BCUT2D eigenvalue weighted by Crippen LogP contribution is -1.93. The SMILES string of the molecule is O=Nc1cccc(CS(=O)(=O)Cl)c1. The number of nitrogens with zero attached hydrogens (tertiary/aromatic N) is 1. The Hall–Kier alpha value is -0.940. The van der Waals surface area contributed by atoms with E-state index in [0.717, 1.165) is 0 Å². The van der Waals surface area contributed by atoms with Gasteiger partial charge >= 0.3 is 0 Å². The number of benzene rings is 1. The van der Waals surface area contributed by atoms with Crippen molar-refractivity contribution >= 4 is 25.4 Å². The molecule has 0 saturated heterocycles. The molecule has 1 aromatic rings. The molecule has 0 aliphatic carbocycles. The van der Waals surface area contributed by atoms with Gasteiger partial charge in [-0.05, 0) is 22.9 Å². The third kappa shape index (κ3) is 3.52. The zero-order chi connectivity index (χ0) is 9.90. The molecule has 0 spiro atoms. The molecule has 0 unspecified atom stereocenters. The summed E-state index contributed by atoms with van der Waals surface area (Å²) < 4.78 is 21.3. The van der Waals surface area contributed by atoms with Gasteiger partial charge in [-0.15, -0.1) is 4.91 Å². The van der Waals surface area contributed by atoms with Gasteiger partial charge in [-0.25, -0.2) is 8.42 Å². The van der Waals surface area contributed by atoms with Crippen molar-refractivity contribution < 1.29 is 8.42 Å². The van der Waals surface area contributed by atoms with Crippen LogP contribution in [0, 0.1) is 4.91 Å². The fourth-order valence-corrected chi connectivity index (χ4v) is 1.86. The zero-order valence-electron chi connectivity index (χ0n) is 6.47. The first kappa shape index (κ1) is 10.1. The summed E-state index contributed by atoms with van der Waals surface area (Å²) in [6.07, 6.45) is 0. The molecular formula is C7H6ClNO3S. The molecule has 1 rings (SSSR count).